The molecule has 1 aromatic carbocycles. The van der Waals surface area contributed by atoms with Crippen LogP contribution in [0.15, 0.2) is 18.2 Å². The maximum atomic E-state index is 12.6. The maximum Gasteiger partial charge on any atom is 0.256 e. The van der Waals surface area contributed by atoms with Gasteiger partial charge in [0.1, 0.15) is 0 Å². The summed E-state index contributed by atoms with van der Waals surface area (Å²) in [6, 6.07) is 5.50. The van der Waals surface area contributed by atoms with Gasteiger partial charge in [0.2, 0.25) is 5.91 Å². The maximum absolute atomic E-state index is 12.6. The van der Waals surface area contributed by atoms with Crippen LogP contribution >= 0.6 is 0 Å². The highest BCUT2D eigenvalue weighted by Gasteiger charge is 2.23. The standard InChI is InChI=1S/C16H23N3O2/c1-3-15(20)18-7-4-8-19(10-9-18)16(21)13-11-12(2)5-6-14(13)17/h5-6,11H,3-4,7-10,17H2,1-2H3. The fourth-order valence-electron chi connectivity index (χ4n) is 2.62. The molecule has 0 saturated carbocycles. The number of nitrogen functional groups attached to an aromatic ring is 1. The first-order chi connectivity index (χ1) is 10.0. The first-order valence-electron chi connectivity index (χ1n) is 7.46. The summed E-state index contributed by atoms with van der Waals surface area (Å²) in [5.41, 5.74) is 8.01. The topological polar surface area (TPSA) is 66.6 Å². The fourth-order valence-corrected chi connectivity index (χ4v) is 2.62. The van der Waals surface area contributed by atoms with Crippen LogP contribution in [0.4, 0.5) is 5.69 Å². The Balaban J connectivity index is 2.10. The molecule has 5 heteroatoms. The predicted octanol–water partition coefficient (Wildman–Crippen LogP) is 1.66. The van der Waals surface area contributed by atoms with Gasteiger partial charge < -0.3 is 15.5 Å². The number of carbonyl (C=O) groups is 2. The average Bonchev–Trinajstić information content (AvgIpc) is 2.74. The van der Waals surface area contributed by atoms with Gasteiger partial charge in [-0.3, -0.25) is 9.59 Å². The van der Waals surface area contributed by atoms with E-state index in [2.05, 4.69) is 0 Å². The molecule has 1 aliphatic rings. The molecule has 5 nitrogen and oxygen atoms in total. The van der Waals surface area contributed by atoms with Gasteiger partial charge in [-0.2, -0.15) is 0 Å². The number of aryl methyl sites for hydroxylation is 1. The quantitative estimate of drug-likeness (QED) is 0.842. The minimum absolute atomic E-state index is 0.0398. The van der Waals surface area contributed by atoms with Crippen molar-refractivity contribution in [1.29, 1.82) is 0 Å². The highest BCUT2D eigenvalue weighted by molar-refractivity contribution is 5.99. The lowest BCUT2D eigenvalue weighted by Gasteiger charge is -2.22. The molecule has 1 fully saturated rings. The molecular formula is C16H23N3O2. The van der Waals surface area contributed by atoms with E-state index in [0.29, 0.717) is 37.3 Å². The van der Waals surface area contributed by atoms with E-state index >= 15 is 0 Å². The van der Waals surface area contributed by atoms with Gasteiger partial charge in [-0.15, -0.1) is 0 Å². The van der Waals surface area contributed by atoms with E-state index in [4.69, 9.17) is 5.73 Å². The minimum Gasteiger partial charge on any atom is -0.398 e. The predicted molar refractivity (Wildman–Crippen MR) is 83.0 cm³/mol. The molecule has 114 valence electrons. The molecule has 0 atom stereocenters. The Labute approximate surface area is 125 Å². The lowest BCUT2D eigenvalue weighted by Crippen LogP contribution is -2.37. The van der Waals surface area contributed by atoms with E-state index < -0.39 is 0 Å². The van der Waals surface area contributed by atoms with E-state index in [1.54, 1.807) is 11.0 Å². The van der Waals surface area contributed by atoms with Gasteiger partial charge in [-0.05, 0) is 25.5 Å². The van der Waals surface area contributed by atoms with Gasteiger partial charge >= 0.3 is 0 Å². The normalized spacial score (nSPS) is 15.7. The summed E-state index contributed by atoms with van der Waals surface area (Å²) in [4.78, 5) is 28.0. The van der Waals surface area contributed by atoms with Crippen molar-refractivity contribution < 1.29 is 9.59 Å². The van der Waals surface area contributed by atoms with Crippen LogP contribution in [0.3, 0.4) is 0 Å². The summed E-state index contributed by atoms with van der Waals surface area (Å²) in [5, 5.41) is 0. The zero-order valence-corrected chi connectivity index (χ0v) is 12.8. The van der Waals surface area contributed by atoms with Gasteiger partial charge in [0, 0.05) is 38.3 Å². The zero-order chi connectivity index (χ0) is 15.4. The Morgan fingerprint density at radius 2 is 1.81 bits per heavy atom. The molecule has 0 aromatic heterocycles. The first kappa shape index (κ1) is 15.4. The number of nitrogens with two attached hydrogens (primary N) is 1. The molecule has 0 radical (unpaired) electrons. The van der Waals surface area contributed by atoms with Crippen molar-refractivity contribution in [1.82, 2.24) is 9.80 Å². The van der Waals surface area contributed by atoms with Crippen LogP contribution in [-0.2, 0) is 4.79 Å². The Kier molecular flexibility index (Phi) is 4.83. The smallest absolute Gasteiger partial charge is 0.256 e. The second-order valence-electron chi connectivity index (χ2n) is 5.47. The molecule has 1 aromatic rings. The second kappa shape index (κ2) is 6.61. The molecule has 2 rings (SSSR count). The molecule has 0 aliphatic carbocycles. The number of amides is 2. The summed E-state index contributed by atoms with van der Waals surface area (Å²) in [6.45, 7) is 6.37. The molecule has 0 spiro atoms. The Morgan fingerprint density at radius 3 is 2.52 bits per heavy atom. The molecule has 0 bridgehead atoms. The van der Waals surface area contributed by atoms with Crippen LogP contribution in [-0.4, -0.2) is 47.8 Å². The highest BCUT2D eigenvalue weighted by atomic mass is 16.2. The van der Waals surface area contributed by atoms with Gasteiger partial charge in [-0.1, -0.05) is 18.6 Å². The van der Waals surface area contributed by atoms with Crippen LogP contribution in [0, 0.1) is 6.92 Å². The largest absolute Gasteiger partial charge is 0.398 e. The molecule has 21 heavy (non-hydrogen) atoms. The number of anilines is 1. The molecule has 1 aliphatic heterocycles. The second-order valence-corrected chi connectivity index (χ2v) is 5.47. The third-order valence-corrected chi connectivity index (χ3v) is 3.88. The van der Waals surface area contributed by atoms with Crippen molar-refractivity contribution in [2.45, 2.75) is 26.7 Å². The molecule has 1 saturated heterocycles. The lowest BCUT2D eigenvalue weighted by atomic mass is 10.1. The number of rotatable bonds is 2. The van der Waals surface area contributed by atoms with E-state index in [1.807, 2.05) is 30.9 Å². The number of benzene rings is 1. The highest BCUT2D eigenvalue weighted by Crippen LogP contribution is 2.17. The Hall–Kier alpha value is -2.04. The van der Waals surface area contributed by atoms with Crippen LogP contribution in [0.1, 0.15) is 35.7 Å². The van der Waals surface area contributed by atoms with Crippen molar-refractivity contribution in [3.8, 4) is 0 Å². The molecule has 2 N–H and O–H groups in total. The van der Waals surface area contributed by atoms with E-state index in [-0.39, 0.29) is 11.8 Å². The Morgan fingerprint density at radius 1 is 1.14 bits per heavy atom. The van der Waals surface area contributed by atoms with E-state index in [1.165, 1.54) is 0 Å². The van der Waals surface area contributed by atoms with Gasteiger partial charge in [0.15, 0.2) is 0 Å². The molecule has 0 unspecified atom stereocenters. The van der Waals surface area contributed by atoms with Crippen LogP contribution in [0.2, 0.25) is 0 Å². The van der Waals surface area contributed by atoms with Crippen LogP contribution in [0.5, 0.6) is 0 Å². The summed E-state index contributed by atoms with van der Waals surface area (Å²) < 4.78 is 0. The Bertz CT molecular complexity index is 542. The summed E-state index contributed by atoms with van der Waals surface area (Å²) in [5.74, 6) is 0.112. The summed E-state index contributed by atoms with van der Waals surface area (Å²) in [7, 11) is 0. The number of hydrogen-bond donors (Lipinski definition) is 1. The summed E-state index contributed by atoms with van der Waals surface area (Å²) >= 11 is 0. The zero-order valence-electron chi connectivity index (χ0n) is 12.8. The lowest BCUT2D eigenvalue weighted by molar-refractivity contribution is -0.130. The van der Waals surface area contributed by atoms with Crippen molar-refractivity contribution in [3.63, 3.8) is 0 Å². The minimum atomic E-state index is -0.0398. The van der Waals surface area contributed by atoms with Gasteiger partial charge in [-0.25, -0.2) is 0 Å². The number of hydrogen-bond acceptors (Lipinski definition) is 3. The monoisotopic (exact) mass is 289 g/mol. The van der Waals surface area contributed by atoms with E-state index in [9.17, 15) is 9.59 Å². The third-order valence-electron chi connectivity index (χ3n) is 3.88. The van der Waals surface area contributed by atoms with Crippen LogP contribution < -0.4 is 5.73 Å². The van der Waals surface area contributed by atoms with Crippen LogP contribution in [0.25, 0.3) is 0 Å². The van der Waals surface area contributed by atoms with E-state index in [0.717, 1.165) is 18.5 Å². The molecular weight excluding hydrogens is 266 g/mol. The third kappa shape index (κ3) is 3.54. The van der Waals surface area contributed by atoms with Gasteiger partial charge in [0.05, 0.1) is 5.56 Å². The van der Waals surface area contributed by atoms with Crippen molar-refractivity contribution in [3.05, 3.63) is 29.3 Å². The number of carbonyl (C=O) groups excluding carboxylic acids is 2. The summed E-state index contributed by atoms with van der Waals surface area (Å²) in [6.07, 6.45) is 1.32. The molecule has 1 heterocycles. The fraction of sp³-hybridized carbons (Fsp3) is 0.500. The van der Waals surface area contributed by atoms with Crippen molar-refractivity contribution >= 4 is 17.5 Å². The first-order valence-corrected chi connectivity index (χ1v) is 7.46. The van der Waals surface area contributed by atoms with Crippen molar-refractivity contribution in [2.24, 2.45) is 0 Å². The number of nitrogens with zero attached hydrogens (tertiary/aromatic N) is 2. The SMILES string of the molecule is CCC(=O)N1CCCN(C(=O)c2cc(C)ccc2N)CC1. The molecule has 2 amide bonds. The average molecular weight is 289 g/mol. The van der Waals surface area contributed by atoms with Crippen molar-refractivity contribution in [2.75, 3.05) is 31.9 Å². The van der Waals surface area contributed by atoms with Gasteiger partial charge in [0.25, 0.3) is 5.91 Å².